The van der Waals surface area contributed by atoms with E-state index < -0.39 is 5.97 Å². The molecule has 3 aromatic rings. The molecule has 2 aromatic carbocycles. The lowest BCUT2D eigenvalue weighted by molar-refractivity contribution is 0.0491. The first kappa shape index (κ1) is 22.9. The van der Waals surface area contributed by atoms with E-state index in [9.17, 15) is 14.7 Å². The molecular weight excluding hydrogens is 422 g/mol. The van der Waals surface area contributed by atoms with Gasteiger partial charge in [0.05, 0.1) is 30.2 Å². The highest BCUT2D eigenvalue weighted by Crippen LogP contribution is 2.35. The molecule has 1 aromatic heterocycles. The SMILES string of the molecule is CCOC(=O)c1oc2c(CN3CCCC[C@@H]3C)c(O)ccc2c(=O)c1-c1ccccc1OC. The Hall–Kier alpha value is -3.32. The quantitative estimate of drug-likeness (QED) is 0.542. The average molecular weight is 452 g/mol. The number of nitrogens with zero attached hydrogens (tertiary/aromatic N) is 1. The molecule has 1 saturated heterocycles. The first-order valence-corrected chi connectivity index (χ1v) is 11.3. The summed E-state index contributed by atoms with van der Waals surface area (Å²) in [5.74, 6) is -0.463. The number of hydrogen-bond donors (Lipinski definition) is 1. The lowest BCUT2D eigenvalue weighted by Crippen LogP contribution is -2.36. The monoisotopic (exact) mass is 451 g/mol. The summed E-state index contributed by atoms with van der Waals surface area (Å²) in [6.45, 7) is 5.29. The highest BCUT2D eigenvalue weighted by Gasteiger charge is 2.28. The molecule has 0 radical (unpaired) electrons. The van der Waals surface area contributed by atoms with Gasteiger partial charge in [0, 0.05) is 18.2 Å². The lowest BCUT2D eigenvalue weighted by atomic mass is 9.98. The third-order valence-corrected chi connectivity index (χ3v) is 6.28. The molecule has 174 valence electrons. The van der Waals surface area contributed by atoms with Crippen LogP contribution in [0.3, 0.4) is 0 Å². The van der Waals surface area contributed by atoms with E-state index in [1.165, 1.54) is 25.7 Å². The Morgan fingerprint density at radius 1 is 1.21 bits per heavy atom. The molecule has 0 unspecified atom stereocenters. The highest BCUT2D eigenvalue weighted by molar-refractivity contribution is 5.99. The summed E-state index contributed by atoms with van der Waals surface area (Å²) in [4.78, 5) is 28.9. The molecule has 1 aliphatic rings. The predicted molar refractivity (Wildman–Crippen MR) is 126 cm³/mol. The van der Waals surface area contributed by atoms with Gasteiger partial charge in [-0.05, 0) is 51.4 Å². The smallest absolute Gasteiger partial charge is 0.375 e. The fraction of sp³-hybridized carbons (Fsp3) is 0.385. The van der Waals surface area contributed by atoms with Gasteiger partial charge in [0.1, 0.15) is 17.1 Å². The van der Waals surface area contributed by atoms with Crippen molar-refractivity contribution in [1.82, 2.24) is 4.90 Å². The number of rotatable bonds is 6. The predicted octanol–water partition coefficient (Wildman–Crippen LogP) is 4.73. The van der Waals surface area contributed by atoms with Crippen molar-refractivity contribution in [1.29, 1.82) is 0 Å². The van der Waals surface area contributed by atoms with E-state index in [-0.39, 0.29) is 34.7 Å². The molecule has 7 heteroatoms. The van der Waals surface area contributed by atoms with Crippen molar-refractivity contribution in [2.75, 3.05) is 20.3 Å². The van der Waals surface area contributed by atoms with Crippen molar-refractivity contribution in [2.24, 2.45) is 0 Å². The zero-order valence-corrected chi connectivity index (χ0v) is 19.2. The molecule has 0 bridgehead atoms. The number of phenols is 1. The van der Waals surface area contributed by atoms with Crippen LogP contribution in [0.15, 0.2) is 45.6 Å². The van der Waals surface area contributed by atoms with Gasteiger partial charge < -0.3 is 19.0 Å². The van der Waals surface area contributed by atoms with Gasteiger partial charge in [-0.1, -0.05) is 24.6 Å². The second-order valence-corrected chi connectivity index (χ2v) is 8.31. The normalized spacial score (nSPS) is 16.6. The minimum absolute atomic E-state index is 0.0308. The van der Waals surface area contributed by atoms with Crippen LogP contribution in [0, 0.1) is 0 Å². The standard InChI is InChI=1S/C26H29NO6/c1-4-32-26(30)25-22(17-10-5-6-11-21(17)31-3)23(29)18-12-13-20(28)19(24(18)33-25)15-27-14-8-7-9-16(27)2/h5-6,10-13,16,28H,4,7-9,14-15H2,1-3H3/t16-/m0/s1. The van der Waals surface area contributed by atoms with Crippen LogP contribution in [0.4, 0.5) is 0 Å². The molecule has 0 spiro atoms. The van der Waals surface area contributed by atoms with Gasteiger partial charge in [0.15, 0.2) is 0 Å². The number of esters is 1. The Morgan fingerprint density at radius 2 is 2.00 bits per heavy atom. The molecule has 4 rings (SSSR count). The van der Waals surface area contributed by atoms with Gasteiger partial charge >= 0.3 is 5.97 Å². The van der Waals surface area contributed by atoms with Crippen LogP contribution in [0.25, 0.3) is 22.1 Å². The molecule has 1 N–H and O–H groups in total. The van der Waals surface area contributed by atoms with Gasteiger partial charge in [-0.2, -0.15) is 0 Å². The first-order valence-electron chi connectivity index (χ1n) is 11.3. The maximum Gasteiger partial charge on any atom is 0.375 e. The Balaban J connectivity index is 1.97. The number of aromatic hydroxyl groups is 1. The number of para-hydroxylation sites is 1. The number of hydrogen-bond acceptors (Lipinski definition) is 7. The number of likely N-dealkylation sites (tertiary alicyclic amines) is 1. The van der Waals surface area contributed by atoms with Gasteiger partial charge in [0.2, 0.25) is 11.2 Å². The van der Waals surface area contributed by atoms with E-state index >= 15 is 0 Å². The molecule has 2 heterocycles. The molecule has 7 nitrogen and oxygen atoms in total. The molecule has 33 heavy (non-hydrogen) atoms. The second-order valence-electron chi connectivity index (χ2n) is 8.31. The number of fused-ring (bicyclic) bond motifs is 1. The van der Waals surface area contributed by atoms with E-state index in [2.05, 4.69) is 11.8 Å². The van der Waals surface area contributed by atoms with Crippen LogP contribution in [-0.4, -0.2) is 42.3 Å². The van der Waals surface area contributed by atoms with Crippen LogP contribution in [0.1, 0.15) is 49.2 Å². The Morgan fingerprint density at radius 3 is 2.73 bits per heavy atom. The summed E-state index contributed by atoms with van der Waals surface area (Å²) in [7, 11) is 1.50. The van der Waals surface area contributed by atoms with E-state index in [4.69, 9.17) is 13.9 Å². The van der Waals surface area contributed by atoms with Crippen LogP contribution < -0.4 is 10.2 Å². The van der Waals surface area contributed by atoms with Crippen LogP contribution in [0.2, 0.25) is 0 Å². The number of carbonyl (C=O) groups excluding carboxylic acids is 1. The van der Waals surface area contributed by atoms with Crippen molar-refractivity contribution in [2.45, 2.75) is 45.7 Å². The maximum absolute atomic E-state index is 13.7. The average Bonchev–Trinajstić information content (AvgIpc) is 2.82. The number of carbonyl (C=O) groups is 1. The van der Waals surface area contributed by atoms with Crippen LogP contribution >= 0.6 is 0 Å². The minimum Gasteiger partial charge on any atom is -0.507 e. The van der Waals surface area contributed by atoms with Crippen molar-refractivity contribution in [3.8, 4) is 22.6 Å². The molecule has 1 fully saturated rings. The zero-order chi connectivity index (χ0) is 23.5. The highest BCUT2D eigenvalue weighted by atomic mass is 16.5. The zero-order valence-electron chi connectivity index (χ0n) is 19.2. The van der Waals surface area contributed by atoms with E-state index in [0.717, 1.165) is 19.4 Å². The number of phenolic OH excluding ortho intramolecular Hbond substituents is 1. The van der Waals surface area contributed by atoms with Gasteiger partial charge in [-0.25, -0.2) is 4.79 Å². The van der Waals surface area contributed by atoms with E-state index in [0.29, 0.717) is 34.8 Å². The lowest BCUT2D eigenvalue weighted by Gasteiger charge is -2.33. The summed E-state index contributed by atoms with van der Waals surface area (Å²) in [6, 6.07) is 10.4. The Bertz CT molecular complexity index is 1230. The van der Waals surface area contributed by atoms with E-state index in [1.807, 2.05) is 0 Å². The van der Waals surface area contributed by atoms with Crippen molar-refractivity contribution >= 4 is 16.9 Å². The van der Waals surface area contributed by atoms with Gasteiger partial charge in [0.25, 0.3) is 0 Å². The fourth-order valence-electron chi connectivity index (χ4n) is 4.49. The number of benzene rings is 2. The van der Waals surface area contributed by atoms with Gasteiger partial charge in [-0.3, -0.25) is 9.69 Å². The summed E-state index contributed by atoms with van der Waals surface area (Å²) in [5.41, 5.74) is 0.853. The molecule has 0 aliphatic carbocycles. The maximum atomic E-state index is 13.7. The summed E-state index contributed by atoms with van der Waals surface area (Å²) < 4.78 is 16.8. The van der Waals surface area contributed by atoms with Crippen molar-refractivity contribution in [3.63, 3.8) is 0 Å². The molecule has 0 saturated carbocycles. The number of methoxy groups -OCH3 is 1. The summed E-state index contributed by atoms with van der Waals surface area (Å²) >= 11 is 0. The largest absolute Gasteiger partial charge is 0.507 e. The molecule has 0 amide bonds. The van der Waals surface area contributed by atoms with Crippen LogP contribution in [-0.2, 0) is 11.3 Å². The van der Waals surface area contributed by atoms with Gasteiger partial charge in [-0.15, -0.1) is 0 Å². The Labute approximate surface area is 192 Å². The third kappa shape index (κ3) is 4.33. The van der Waals surface area contributed by atoms with E-state index in [1.54, 1.807) is 31.2 Å². The number of ether oxygens (including phenoxy) is 2. The molecule has 1 atom stereocenters. The first-order chi connectivity index (χ1) is 16.0. The third-order valence-electron chi connectivity index (χ3n) is 6.28. The van der Waals surface area contributed by atoms with Crippen molar-refractivity contribution in [3.05, 3.63) is 57.9 Å². The minimum atomic E-state index is -0.738. The second kappa shape index (κ2) is 9.67. The molecule has 1 aliphatic heterocycles. The summed E-state index contributed by atoms with van der Waals surface area (Å²) in [5, 5.41) is 11.0. The Kier molecular flexibility index (Phi) is 6.70. The van der Waals surface area contributed by atoms with Crippen molar-refractivity contribution < 1.29 is 23.8 Å². The topological polar surface area (TPSA) is 89.2 Å². The summed E-state index contributed by atoms with van der Waals surface area (Å²) in [6.07, 6.45) is 3.32. The molecular formula is C26H29NO6. The van der Waals surface area contributed by atoms with Crippen LogP contribution in [0.5, 0.6) is 11.5 Å². The fourth-order valence-corrected chi connectivity index (χ4v) is 4.49. The number of piperidine rings is 1.